The van der Waals surface area contributed by atoms with Crippen LogP contribution in [0.5, 0.6) is 0 Å². The normalized spacial score (nSPS) is 12.7. The Morgan fingerprint density at radius 2 is 2.24 bits per heavy atom. The predicted octanol–water partition coefficient (Wildman–Crippen LogP) is 2.24. The van der Waals surface area contributed by atoms with Gasteiger partial charge in [-0.05, 0) is 32.3 Å². The maximum atomic E-state index is 12.1. The fourth-order valence-corrected chi connectivity index (χ4v) is 3.01. The standard InChI is InChI=1S/C14H15IN4O2/c1-3-19-12-9(11(18-19)13(20)21-4-2)6-5-8-7-16-14(15)17-10(8)12/h7H,3-6H2,1-2H3. The molecule has 0 N–H and O–H groups in total. The van der Waals surface area contributed by atoms with Crippen LogP contribution in [0.25, 0.3) is 11.4 Å². The second kappa shape index (κ2) is 5.70. The zero-order valence-corrected chi connectivity index (χ0v) is 14.0. The van der Waals surface area contributed by atoms with Gasteiger partial charge in [-0.3, -0.25) is 4.68 Å². The lowest BCUT2D eigenvalue weighted by atomic mass is 9.93. The zero-order chi connectivity index (χ0) is 15.0. The van der Waals surface area contributed by atoms with Crippen LogP contribution in [-0.2, 0) is 24.1 Å². The van der Waals surface area contributed by atoms with E-state index in [2.05, 4.69) is 37.7 Å². The second-order valence-corrected chi connectivity index (χ2v) is 5.69. The van der Waals surface area contributed by atoms with Gasteiger partial charge >= 0.3 is 5.97 Å². The molecule has 2 aromatic rings. The summed E-state index contributed by atoms with van der Waals surface area (Å²) in [6.45, 7) is 4.83. The predicted molar refractivity (Wildman–Crippen MR) is 85.0 cm³/mol. The van der Waals surface area contributed by atoms with E-state index in [-0.39, 0.29) is 5.97 Å². The Hall–Kier alpha value is -1.51. The molecule has 1 aliphatic rings. The molecular weight excluding hydrogens is 383 g/mol. The van der Waals surface area contributed by atoms with Crippen molar-refractivity contribution in [2.45, 2.75) is 33.2 Å². The van der Waals surface area contributed by atoms with Crippen LogP contribution in [0, 0.1) is 3.83 Å². The third-order valence-corrected chi connectivity index (χ3v) is 4.04. The molecule has 0 spiro atoms. The first-order chi connectivity index (χ1) is 10.2. The summed E-state index contributed by atoms with van der Waals surface area (Å²) in [5.74, 6) is -0.354. The SMILES string of the molecule is CCOC(=O)c1nn(CC)c2c1CCc1cnc(I)nc1-2. The molecule has 0 aromatic carbocycles. The minimum absolute atomic E-state index is 0.350. The maximum Gasteiger partial charge on any atom is 0.359 e. The van der Waals surface area contributed by atoms with E-state index in [0.29, 0.717) is 22.7 Å². The molecular formula is C14H15IN4O2. The fraction of sp³-hybridized carbons (Fsp3) is 0.429. The Bertz CT molecular complexity index is 711. The largest absolute Gasteiger partial charge is 0.461 e. The number of ether oxygens (including phenoxy) is 1. The summed E-state index contributed by atoms with van der Waals surface area (Å²) in [4.78, 5) is 20.9. The summed E-state index contributed by atoms with van der Waals surface area (Å²) in [6.07, 6.45) is 3.45. The van der Waals surface area contributed by atoms with E-state index in [4.69, 9.17) is 4.74 Å². The highest BCUT2D eigenvalue weighted by molar-refractivity contribution is 14.1. The Kier molecular flexibility index (Phi) is 3.92. The summed E-state index contributed by atoms with van der Waals surface area (Å²) in [5.41, 5.74) is 4.29. The van der Waals surface area contributed by atoms with Crippen LogP contribution in [0.15, 0.2) is 6.20 Å². The Morgan fingerprint density at radius 1 is 1.43 bits per heavy atom. The third kappa shape index (κ3) is 2.43. The number of hydrogen-bond donors (Lipinski definition) is 0. The van der Waals surface area contributed by atoms with Crippen LogP contribution >= 0.6 is 22.6 Å². The van der Waals surface area contributed by atoms with Crippen molar-refractivity contribution >= 4 is 28.6 Å². The van der Waals surface area contributed by atoms with Crippen molar-refractivity contribution in [1.29, 1.82) is 0 Å². The number of rotatable bonds is 3. The van der Waals surface area contributed by atoms with Crippen molar-refractivity contribution in [3.8, 4) is 11.4 Å². The number of carbonyl (C=O) groups is 1. The van der Waals surface area contributed by atoms with E-state index < -0.39 is 0 Å². The van der Waals surface area contributed by atoms with Gasteiger partial charge in [0.25, 0.3) is 0 Å². The molecule has 0 aliphatic heterocycles. The average Bonchev–Trinajstić information content (AvgIpc) is 2.86. The number of aryl methyl sites for hydroxylation is 2. The first-order valence-electron chi connectivity index (χ1n) is 6.94. The number of hydrogen-bond acceptors (Lipinski definition) is 5. The lowest BCUT2D eigenvalue weighted by molar-refractivity contribution is 0.0517. The monoisotopic (exact) mass is 398 g/mol. The molecule has 3 rings (SSSR count). The van der Waals surface area contributed by atoms with Gasteiger partial charge in [0.1, 0.15) is 0 Å². The smallest absolute Gasteiger partial charge is 0.359 e. The van der Waals surface area contributed by atoms with Gasteiger partial charge in [0, 0.05) is 40.9 Å². The Morgan fingerprint density at radius 3 is 2.95 bits per heavy atom. The molecule has 21 heavy (non-hydrogen) atoms. The van der Waals surface area contributed by atoms with E-state index in [9.17, 15) is 4.79 Å². The van der Waals surface area contributed by atoms with Crippen molar-refractivity contribution < 1.29 is 9.53 Å². The highest BCUT2D eigenvalue weighted by atomic mass is 127. The maximum absolute atomic E-state index is 12.1. The summed E-state index contributed by atoms with van der Waals surface area (Å²) in [7, 11) is 0. The molecule has 0 bridgehead atoms. The second-order valence-electron chi connectivity index (χ2n) is 4.72. The van der Waals surface area contributed by atoms with Crippen LogP contribution < -0.4 is 0 Å². The van der Waals surface area contributed by atoms with E-state index in [0.717, 1.165) is 35.4 Å². The van der Waals surface area contributed by atoms with Crippen LogP contribution in [-0.4, -0.2) is 32.3 Å². The molecule has 0 atom stereocenters. The summed E-state index contributed by atoms with van der Waals surface area (Å²) in [6, 6.07) is 0. The lowest BCUT2D eigenvalue weighted by Gasteiger charge is -2.16. The highest BCUT2D eigenvalue weighted by Crippen LogP contribution is 2.34. The van der Waals surface area contributed by atoms with Gasteiger partial charge in [-0.1, -0.05) is 0 Å². The van der Waals surface area contributed by atoms with Crippen molar-refractivity contribution in [2.75, 3.05) is 6.61 Å². The topological polar surface area (TPSA) is 69.9 Å². The number of fused-ring (bicyclic) bond motifs is 3. The molecule has 0 fully saturated rings. The minimum atomic E-state index is -0.354. The van der Waals surface area contributed by atoms with Crippen LogP contribution in [0.3, 0.4) is 0 Å². The number of aromatic nitrogens is 4. The number of halogens is 1. The molecule has 7 heteroatoms. The first-order valence-corrected chi connectivity index (χ1v) is 8.02. The first kappa shape index (κ1) is 14.4. The van der Waals surface area contributed by atoms with Crippen molar-refractivity contribution in [3.05, 3.63) is 26.8 Å². The van der Waals surface area contributed by atoms with Gasteiger partial charge in [0.15, 0.2) is 9.53 Å². The van der Waals surface area contributed by atoms with Crippen LogP contribution in [0.2, 0.25) is 0 Å². The molecule has 110 valence electrons. The van der Waals surface area contributed by atoms with E-state index in [1.807, 2.05) is 17.8 Å². The van der Waals surface area contributed by atoms with Crippen LogP contribution in [0.1, 0.15) is 35.5 Å². The summed E-state index contributed by atoms with van der Waals surface area (Å²) in [5, 5.41) is 4.44. The average molecular weight is 398 g/mol. The van der Waals surface area contributed by atoms with Gasteiger partial charge in [0.05, 0.1) is 18.0 Å². The Labute approximate surface area is 136 Å². The molecule has 0 unspecified atom stereocenters. The van der Waals surface area contributed by atoms with Crippen LogP contribution in [0.4, 0.5) is 0 Å². The third-order valence-electron chi connectivity index (χ3n) is 3.52. The molecule has 0 saturated heterocycles. The van der Waals surface area contributed by atoms with Gasteiger partial charge in [0.2, 0.25) is 0 Å². The number of nitrogens with zero attached hydrogens (tertiary/aromatic N) is 4. The highest BCUT2D eigenvalue weighted by Gasteiger charge is 2.29. The van der Waals surface area contributed by atoms with Gasteiger partial charge in [-0.25, -0.2) is 14.8 Å². The van der Waals surface area contributed by atoms with Gasteiger partial charge in [-0.2, -0.15) is 5.10 Å². The lowest BCUT2D eigenvalue weighted by Crippen LogP contribution is -2.12. The van der Waals surface area contributed by atoms with Crippen molar-refractivity contribution in [1.82, 2.24) is 19.7 Å². The summed E-state index contributed by atoms with van der Waals surface area (Å²) >= 11 is 2.10. The molecule has 2 heterocycles. The summed E-state index contributed by atoms with van der Waals surface area (Å²) < 4.78 is 7.65. The molecule has 0 saturated carbocycles. The zero-order valence-electron chi connectivity index (χ0n) is 11.9. The van der Waals surface area contributed by atoms with Crippen molar-refractivity contribution in [3.63, 3.8) is 0 Å². The molecule has 1 aliphatic carbocycles. The molecule has 6 nitrogen and oxygen atoms in total. The number of esters is 1. The molecule has 0 amide bonds. The quantitative estimate of drug-likeness (QED) is 0.451. The van der Waals surface area contributed by atoms with Gasteiger partial charge < -0.3 is 4.74 Å². The minimum Gasteiger partial charge on any atom is -0.461 e. The van der Waals surface area contributed by atoms with E-state index in [1.165, 1.54) is 0 Å². The Balaban J connectivity index is 2.19. The molecule has 0 radical (unpaired) electrons. The fourth-order valence-electron chi connectivity index (χ4n) is 2.63. The van der Waals surface area contributed by atoms with E-state index in [1.54, 1.807) is 6.92 Å². The van der Waals surface area contributed by atoms with E-state index >= 15 is 0 Å². The van der Waals surface area contributed by atoms with Gasteiger partial charge in [-0.15, -0.1) is 0 Å². The number of carbonyl (C=O) groups excluding carboxylic acids is 1. The van der Waals surface area contributed by atoms with Crippen molar-refractivity contribution in [2.24, 2.45) is 0 Å². The molecule has 2 aromatic heterocycles.